The highest BCUT2D eigenvalue weighted by Gasteiger charge is 2.38. The van der Waals surface area contributed by atoms with E-state index in [1.807, 2.05) is 0 Å². The van der Waals surface area contributed by atoms with Gasteiger partial charge in [0.25, 0.3) is 0 Å². The van der Waals surface area contributed by atoms with Crippen LogP contribution < -0.4 is 5.73 Å². The Hall–Kier alpha value is -0.0800. The fraction of sp³-hybridized carbons (Fsp3) is 1.00. The van der Waals surface area contributed by atoms with Gasteiger partial charge in [-0.3, -0.25) is 4.90 Å². The van der Waals surface area contributed by atoms with E-state index in [2.05, 4.69) is 32.6 Å². The Balaban J connectivity index is 2.05. The molecule has 1 heterocycles. The summed E-state index contributed by atoms with van der Waals surface area (Å²) in [5.41, 5.74) is 6.54. The molecule has 2 fully saturated rings. The number of hydrogen-bond acceptors (Lipinski definition) is 2. The Kier molecular flexibility index (Phi) is 4.38. The summed E-state index contributed by atoms with van der Waals surface area (Å²) in [6.07, 6.45) is 6.81. The monoisotopic (exact) mass is 252 g/mol. The van der Waals surface area contributed by atoms with Gasteiger partial charge in [0.05, 0.1) is 0 Å². The smallest absolute Gasteiger partial charge is 0.0223 e. The van der Waals surface area contributed by atoms with Crippen LogP contribution in [0.2, 0.25) is 0 Å². The molecule has 2 nitrogen and oxygen atoms in total. The highest BCUT2D eigenvalue weighted by Crippen LogP contribution is 2.42. The lowest BCUT2D eigenvalue weighted by Crippen LogP contribution is -2.53. The zero-order valence-electron chi connectivity index (χ0n) is 12.8. The number of rotatable bonds is 2. The van der Waals surface area contributed by atoms with Crippen molar-refractivity contribution in [3.63, 3.8) is 0 Å². The normalized spacial score (nSPS) is 41.8. The fourth-order valence-electron chi connectivity index (χ4n) is 4.53. The van der Waals surface area contributed by atoms with Gasteiger partial charge in [0.15, 0.2) is 0 Å². The van der Waals surface area contributed by atoms with E-state index >= 15 is 0 Å². The maximum Gasteiger partial charge on any atom is 0.0223 e. The summed E-state index contributed by atoms with van der Waals surface area (Å²) in [5, 5.41) is 0. The van der Waals surface area contributed by atoms with E-state index in [0.717, 1.165) is 24.4 Å². The first-order valence-corrected chi connectivity index (χ1v) is 7.87. The molecular weight excluding hydrogens is 220 g/mol. The molecule has 0 aromatic carbocycles. The minimum atomic E-state index is 0.518. The molecule has 0 aromatic rings. The summed E-state index contributed by atoms with van der Waals surface area (Å²) in [7, 11) is 0. The summed E-state index contributed by atoms with van der Waals surface area (Å²) >= 11 is 0. The van der Waals surface area contributed by atoms with Crippen molar-refractivity contribution < 1.29 is 0 Å². The van der Waals surface area contributed by atoms with Gasteiger partial charge in [0.1, 0.15) is 0 Å². The van der Waals surface area contributed by atoms with Crippen molar-refractivity contribution in [3.8, 4) is 0 Å². The van der Waals surface area contributed by atoms with E-state index in [9.17, 15) is 0 Å². The highest BCUT2D eigenvalue weighted by molar-refractivity contribution is 4.92. The zero-order chi connectivity index (χ0) is 13.3. The molecule has 1 saturated heterocycles. The minimum absolute atomic E-state index is 0.518. The van der Waals surface area contributed by atoms with Gasteiger partial charge in [-0.25, -0.2) is 0 Å². The van der Waals surface area contributed by atoms with Crippen molar-refractivity contribution in [2.24, 2.45) is 23.0 Å². The first-order valence-electron chi connectivity index (χ1n) is 7.87. The molecule has 2 aliphatic rings. The van der Waals surface area contributed by atoms with Crippen LogP contribution in [0, 0.1) is 17.3 Å². The first kappa shape index (κ1) is 14.3. The Labute approximate surface area is 113 Å². The first-order chi connectivity index (χ1) is 8.41. The van der Waals surface area contributed by atoms with Gasteiger partial charge >= 0.3 is 0 Å². The number of piperidine rings is 1. The van der Waals surface area contributed by atoms with E-state index in [0.29, 0.717) is 11.5 Å². The van der Waals surface area contributed by atoms with E-state index in [-0.39, 0.29) is 0 Å². The van der Waals surface area contributed by atoms with Gasteiger partial charge in [0, 0.05) is 18.6 Å². The van der Waals surface area contributed by atoms with Crippen LogP contribution in [-0.2, 0) is 0 Å². The van der Waals surface area contributed by atoms with Crippen molar-refractivity contribution in [2.45, 2.75) is 71.9 Å². The third-order valence-electron chi connectivity index (χ3n) is 5.13. The van der Waals surface area contributed by atoms with Crippen molar-refractivity contribution in [2.75, 3.05) is 13.1 Å². The lowest BCUT2D eigenvalue weighted by Gasteiger charge is -2.49. The van der Waals surface area contributed by atoms with Gasteiger partial charge in [0.2, 0.25) is 0 Å². The second-order valence-corrected chi connectivity index (χ2v) is 7.82. The van der Waals surface area contributed by atoms with Crippen molar-refractivity contribution in [3.05, 3.63) is 0 Å². The van der Waals surface area contributed by atoms with E-state index in [1.54, 1.807) is 0 Å². The molecule has 1 aliphatic heterocycles. The summed E-state index contributed by atoms with van der Waals surface area (Å²) < 4.78 is 0. The van der Waals surface area contributed by atoms with Crippen LogP contribution in [0.1, 0.15) is 59.8 Å². The molecule has 1 saturated carbocycles. The standard InChI is InChI=1S/C16H32N2/c1-12-5-6-18(15(7-12)11-17)14-8-13(2)9-16(3,4)10-14/h12-15H,5-11,17H2,1-4H3. The Morgan fingerprint density at radius 2 is 1.83 bits per heavy atom. The molecular formula is C16H32N2. The molecule has 0 bridgehead atoms. The topological polar surface area (TPSA) is 29.3 Å². The fourth-order valence-corrected chi connectivity index (χ4v) is 4.53. The quantitative estimate of drug-likeness (QED) is 0.817. The molecule has 0 spiro atoms. The van der Waals surface area contributed by atoms with Gasteiger partial charge in [-0.1, -0.05) is 27.7 Å². The maximum absolute atomic E-state index is 6.02. The average molecular weight is 252 g/mol. The van der Waals surface area contributed by atoms with Gasteiger partial charge < -0.3 is 5.73 Å². The molecule has 0 aromatic heterocycles. The van der Waals surface area contributed by atoms with E-state index < -0.39 is 0 Å². The molecule has 0 amide bonds. The van der Waals surface area contributed by atoms with Crippen molar-refractivity contribution >= 4 is 0 Å². The van der Waals surface area contributed by atoms with Crippen LogP contribution in [0.4, 0.5) is 0 Å². The number of nitrogens with zero attached hydrogens (tertiary/aromatic N) is 1. The van der Waals surface area contributed by atoms with Crippen LogP contribution >= 0.6 is 0 Å². The predicted octanol–water partition coefficient (Wildman–Crippen LogP) is 3.26. The summed E-state index contributed by atoms with van der Waals surface area (Å²) in [6, 6.07) is 1.42. The lowest BCUT2D eigenvalue weighted by atomic mass is 9.69. The number of hydrogen-bond donors (Lipinski definition) is 1. The third kappa shape index (κ3) is 3.27. The maximum atomic E-state index is 6.02. The summed E-state index contributed by atoms with van der Waals surface area (Å²) in [4.78, 5) is 2.76. The second kappa shape index (κ2) is 5.50. The zero-order valence-corrected chi connectivity index (χ0v) is 12.8. The molecule has 18 heavy (non-hydrogen) atoms. The van der Waals surface area contributed by atoms with Gasteiger partial charge in [-0.05, 0) is 55.9 Å². The number of likely N-dealkylation sites (tertiary alicyclic amines) is 1. The summed E-state index contributed by atoms with van der Waals surface area (Å²) in [6.45, 7) is 11.8. The Morgan fingerprint density at radius 3 is 2.44 bits per heavy atom. The molecule has 1 aliphatic carbocycles. The minimum Gasteiger partial charge on any atom is -0.329 e. The third-order valence-corrected chi connectivity index (χ3v) is 5.13. The molecule has 4 unspecified atom stereocenters. The van der Waals surface area contributed by atoms with Crippen LogP contribution in [0.25, 0.3) is 0 Å². The van der Waals surface area contributed by atoms with Crippen LogP contribution in [0.15, 0.2) is 0 Å². The van der Waals surface area contributed by atoms with E-state index in [1.165, 1.54) is 38.6 Å². The lowest BCUT2D eigenvalue weighted by molar-refractivity contribution is 0.0128. The summed E-state index contributed by atoms with van der Waals surface area (Å²) in [5.74, 6) is 1.74. The SMILES string of the molecule is CC1CCN(C2CC(C)CC(C)(C)C2)C(CN)C1. The molecule has 2 heteroatoms. The predicted molar refractivity (Wildman–Crippen MR) is 78.5 cm³/mol. The largest absolute Gasteiger partial charge is 0.329 e. The Morgan fingerprint density at radius 1 is 1.11 bits per heavy atom. The highest BCUT2D eigenvalue weighted by atomic mass is 15.2. The van der Waals surface area contributed by atoms with Crippen LogP contribution in [-0.4, -0.2) is 30.1 Å². The van der Waals surface area contributed by atoms with Crippen LogP contribution in [0.3, 0.4) is 0 Å². The Bertz CT molecular complexity index is 274. The second-order valence-electron chi connectivity index (χ2n) is 7.82. The van der Waals surface area contributed by atoms with Gasteiger partial charge in [-0.2, -0.15) is 0 Å². The van der Waals surface area contributed by atoms with Crippen molar-refractivity contribution in [1.29, 1.82) is 0 Å². The molecule has 2 rings (SSSR count). The molecule has 0 radical (unpaired) electrons. The molecule has 4 atom stereocenters. The molecule has 2 N–H and O–H groups in total. The molecule has 106 valence electrons. The van der Waals surface area contributed by atoms with Crippen LogP contribution in [0.5, 0.6) is 0 Å². The van der Waals surface area contributed by atoms with E-state index in [4.69, 9.17) is 5.73 Å². The number of nitrogens with two attached hydrogens (primary N) is 1. The van der Waals surface area contributed by atoms with Gasteiger partial charge in [-0.15, -0.1) is 0 Å². The average Bonchev–Trinajstić information content (AvgIpc) is 2.25. The van der Waals surface area contributed by atoms with Crippen molar-refractivity contribution in [1.82, 2.24) is 4.90 Å².